The van der Waals surface area contributed by atoms with Gasteiger partial charge in [-0.3, -0.25) is 15.1 Å². The van der Waals surface area contributed by atoms with Gasteiger partial charge >= 0.3 is 0 Å². The van der Waals surface area contributed by atoms with Gasteiger partial charge in [-0.05, 0) is 53.1 Å². The maximum Gasteiger partial charge on any atom is 0.287 e. The summed E-state index contributed by atoms with van der Waals surface area (Å²) in [5.74, 6) is 0. The Kier molecular flexibility index (Phi) is 6.36. The van der Waals surface area contributed by atoms with Gasteiger partial charge in [0.2, 0.25) is 0 Å². The molecule has 0 atom stereocenters. The third-order valence-electron chi connectivity index (χ3n) is 4.47. The molecule has 0 amide bonds. The molecule has 0 N–H and O–H groups in total. The van der Waals surface area contributed by atoms with Gasteiger partial charge in [-0.15, -0.1) is 0 Å². The number of hydrogen-bond donors (Lipinski definition) is 0. The minimum atomic E-state index is -0.559. The topological polar surface area (TPSA) is 83.1 Å². The van der Waals surface area contributed by atoms with Crippen LogP contribution in [0.2, 0.25) is 0 Å². The van der Waals surface area contributed by atoms with Gasteiger partial charge in [0.15, 0.2) is 0 Å². The van der Waals surface area contributed by atoms with E-state index in [1.165, 1.54) is 12.1 Å². The lowest BCUT2D eigenvalue weighted by Crippen LogP contribution is -2.07. The van der Waals surface area contributed by atoms with Crippen LogP contribution in [0.3, 0.4) is 0 Å². The van der Waals surface area contributed by atoms with Crippen molar-refractivity contribution < 1.29 is 4.92 Å². The second-order valence-corrected chi connectivity index (χ2v) is 6.81. The Balaban J connectivity index is 1.68. The number of pyridine rings is 1. The van der Waals surface area contributed by atoms with Gasteiger partial charge in [-0.25, -0.2) is 0 Å². The number of nitro benzene ring substituents is 1. The van der Waals surface area contributed by atoms with Crippen molar-refractivity contribution in [3.63, 3.8) is 0 Å². The van der Waals surface area contributed by atoms with Crippen LogP contribution in [0, 0.1) is 21.4 Å². The predicted octanol–water partition coefficient (Wildman–Crippen LogP) is 5.27. The first-order valence-electron chi connectivity index (χ1n) is 9.24. The van der Waals surface area contributed by atoms with Crippen molar-refractivity contribution in [3.05, 3.63) is 98.9 Å². The highest BCUT2D eigenvalue weighted by molar-refractivity contribution is 5.72. The lowest BCUT2D eigenvalue weighted by atomic mass is 10.1. The van der Waals surface area contributed by atoms with Crippen molar-refractivity contribution in [1.29, 1.82) is 5.26 Å². The van der Waals surface area contributed by atoms with Crippen LogP contribution in [0.5, 0.6) is 0 Å². The summed E-state index contributed by atoms with van der Waals surface area (Å²) in [5.41, 5.74) is 4.53. The molecule has 1 aromatic heterocycles. The zero-order valence-corrected chi connectivity index (χ0v) is 16.7. The van der Waals surface area contributed by atoms with E-state index in [0.717, 1.165) is 22.5 Å². The molecule has 0 saturated heterocycles. The summed E-state index contributed by atoms with van der Waals surface area (Å²) in [6.45, 7) is 0. The maximum absolute atomic E-state index is 10.9. The molecule has 0 aliphatic heterocycles. The van der Waals surface area contributed by atoms with Crippen LogP contribution in [0.1, 0.15) is 27.9 Å². The summed E-state index contributed by atoms with van der Waals surface area (Å²) >= 11 is 0. The molecule has 0 saturated carbocycles. The summed E-state index contributed by atoms with van der Waals surface area (Å²) in [6.07, 6.45) is 9.39. The summed E-state index contributed by atoms with van der Waals surface area (Å²) in [6, 6.07) is 18.4. The van der Waals surface area contributed by atoms with Gasteiger partial charge in [-0.2, -0.15) is 5.26 Å². The van der Waals surface area contributed by atoms with Gasteiger partial charge < -0.3 is 4.90 Å². The van der Waals surface area contributed by atoms with Gasteiger partial charge in [0, 0.05) is 32.0 Å². The molecule has 0 fully saturated rings. The van der Waals surface area contributed by atoms with E-state index in [2.05, 4.69) is 34.1 Å². The van der Waals surface area contributed by atoms with Gasteiger partial charge in [0.1, 0.15) is 11.6 Å². The van der Waals surface area contributed by atoms with Crippen LogP contribution < -0.4 is 4.90 Å². The quantitative estimate of drug-likeness (QED) is 0.419. The fourth-order valence-electron chi connectivity index (χ4n) is 2.78. The molecule has 0 radical (unpaired) electrons. The van der Waals surface area contributed by atoms with Crippen molar-refractivity contribution >= 4 is 35.7 Å². The first kappa shape index (κ1) is 20.5. The van der Waals surface area contributed by atoms with Crippen LogP contribution in [0.25, 0.3) is 24.3 Å². The maximum atomic E-state index is 10.9. The van der Waals surface area contributed by atoms with E-state index in [4.69, 9.17) is 5.26 Å². The molecule has 30 heavy (non-hydrogen) atoms. The molecule has 3 aromatic rings. The standard InChI is InChI=1S/C24H20N4O2/c1-27(2)23-12-7-18(8-13-23)3-4-20-6-11-22(26-17-20)10-5-19-9-14-24(28(29)30)21(15-19)16-25/h3-15,17H,1-2H3/b4-3+,10-5+. The van der Waals surface area contributed by atoms with E-state index < -0.39 is 4.92 Å². The fourth-order valence-corrected chi connectivity index (χ4v) is 2.78. The molecule has 148 valence electrons. The lowest BCUT2D eigenvalue weighted by molar-refractivity contribution is -0.385. The monoisotopic (exact) mass is 396 g/mol. The van der Waals surface area contributed by atoms with Crippen LogP contribution >= 0.6 is 0 Å². The SMILES string of the molecule is CN(C)c1ccc(/C=C/c2ccc(/C=C/c3ccc([N+](=O)[O-])c(C#N)c3)nc2)cc1. The molecule has 6 heteroatoms. The lowest BCUT2D eigenvalue weighted by Gasteiger charge is -2.11. The number of aromatic nitrogens is 1. The molecule has 2 aromatic carbocycles. The Morgan fingerprint density at radius 1 is 0.933 bits per heavy atom. The number of benzene rings is 2. The average molecular weight is 396 g/mol. The molecule has 1 heterocycles. The molecule has 0 unspecified atom stereocenters. The van der Waals surface area contributed by atoms with Gasteiger partial charge in [0.05, 0.1) is 10.6 Å². The van der Waals surface area contributed by atoms with E-state index in [1.54, 1.807) is 24.4 Å². The minimum Gasteiger partial charge on any atom is -0.378 e. The molecule has 3 rings (SSSR count). The van der Waals surface area contributed by atoms with Crippen molar-refractivity contribution in [1.82, 2.24) is 4.98 Å². The Morgan fingerprint density at radius 3 is 2.17 bits per heavy atom. The van der Waals surface area contributed by atoms with Crippen LogP contribution in [0.4, 0.5) is 11.4 Å². The largest absolute Gasteiger partial charge is 0.378 e. The van der Waals surface area contributed by atoms with Crippen molar-refractivity contribution in [2.45, 2.75) is 0 Å². The molecule has 6 nitrogen and oxygen atoms in total. The Bertz CT molecular complexity index is 1140. The Labute approximate surface area is 175 Å². The first-order chi connectivity index (χ1) is 14.5. The number of anilines is 1. The summed E-state index contributed by atoms with van der Waals surface area (Å²) < 4.78 is 0. The molecular formula is C24H20N4O2. The Morgan fingerprint density at radius 2 is 1.57 bits per heavy atom. The highest BCUT2D eigenvalue weighted by Gasteiger charge is 2.12. The van der Waals surface area contributed by atoms with Crippen molar-refractivity contribution in [3.8, 4) is 6.07 Å². The number of nitro groups is 1. The second kappa shape index (κ2) is 9.30. The van der Waals surface area contributed by atoms with Crippen LogP contribution in [-0.2, 0) is 0 Å². The molecular weight excluding hydrogens is 376 g/mol. The van der Waals surface area contributed by atoms with E-state index >= 15 is 0 Å². The molecule has 0 bridgehead atoms. The van der Waals surface area contributed by atoms with Crippen LogP contribution in [-0.4, -0.2) is 24.0 Å². The van der Waals surface area contributed by atoms with Crippen LogP contribution in [0.15, 0.2) is 60.8 Å². The van der Waals surface area contributed by atoms with Crippen molar-refractivity contribution in [2.24, 2.45) is 0 Å². The molecule has 0 aliphatic rings. The minimum absolute atomic E-state index is 0.0363. The number of nitrogens with zero attached hydrogens (tertiary/aromatic N) is 4. The summed E-state index contributed by atoms with van der Waals surface area (Å²) in [7, 11) is 4.02. The van der Waals surface area contributed by atoms with E-state index in [9.17, 15) is 10.1 Å². The zero-order chi connectivity index (χ0) is 21.5. The van der Waals surface area contributed by atoms with E-state index in [1.807, 2.05) is 44.4 Å². The molecule has 0 spiro atoms. The smallest absolute Gasteiger partial charge is 0.287 e. The predicted molar refractivity (Wildman–Crippen MR) is 121 cm³/mol. The molecule has 0 aliphatic carbocycles. The van der Waals surface area contributed by atoms with E-state index in [0.29, 0.717) is 5.56 Å². The van der Waals surface area contributed by atoms with E-state index in [-0.39, 0.29) is 11.3 Å². The zero-order valence-electron chi connectivity index (χ0n) is 16.7. The fraction of sp³-hybridized carbons (Fsp3) is 0.0833. The van der Waals surface area contributed by atoms with Gasteiger partial charge in [-0.1, -0.05) is 36.4 Å². The average Bonchev–Trinajstić information content (AvgIpc) is 2.76. The Hall–Kier alpha value is -4.24. The number of rotatable bonds is 6. The third kappa shape index (κ3) is 5.18. The summed E-state index contributed by atoms with van der Waals surface area (Å²) in [5, 5.41) is 20.0. The van der Waals surface area contributed by atoms with Gasteiger partial charge in [0.25, 0.3) is 5.69 Å². The normalized spacial score (nSPS) is 11.0. The third-order valence-corrected chi connectivity index (χ3v) is 4.47. The number of nitriles is 1. The highest BCUT2D eigenvalue weighted by atomic mass is 16.6. The number of hydrogen-bond acceptors (Lipinski definition) is 5. The first-order valence-corrected chi connectivity index (χ1v) is 9.24. The highest BCUT2D eigenvalue weighted by Crippen LogP contribution is 2.20. The second-order valence-electron chi connectivity index (χ2n) is 6.81. The van der Waals surface area contributed by atoms with Crippen molar-refractivity contribution in [2.75, 3.05) is 19.0 Å². The summed E-state index contributed by atoms with van der Waals surface area (Å²) in [4.78, 5) is 16.8.